The van der Waals surface area contributed by atoms with Crippen molar-refractivity contribution in [2.45, 2.75) is 6.42 Å². The molecule has 21 heavy (non-hydrogen) atoms. The third-order valence-electron chi connectivity index (χ3n) is 3.12. The van der Waals surface area contributed by atoms with Crippen LogP contribution < -0.4 is 15.2 Å². The normalized spacial score (nSPS) is 10.3. The molecule has 0 heterocycles. The molecule has 0 aliphatic heterocycles. The van der Waals surface area contributed by atoms with Crippen LogP contribution >= 0.6 is 0 Å². The predicted octanol–water partition coefficient (Wildman–Crippen LogP) is 1.14. The van der Waals surface area contributed by atoms with Gasteiger partial charge < -0.3 is 24.8 Å². The van der Waals surface area contributed by atoms with Crippen LogP contribution in [0.5, 0.6) is 11.5 Å². The molecule has 0 aliphatic carbocycles. The molecule has 0 fully saturated rings. The van der Waals surface area contributed by atoms with E-state index in [1.165, 1.54) is 7.11 Å². The molecular formula is C15H24N2O4. The number of para-hydroxylation sites is 1. The average molecular weight is 296 g/mol. The fraction of sp³-hybridized carbons (Fsp3) is 0.533. The van der Waals surface area contributed by atoms with Gasteiger partial charge in [-0.05, 0) is 25.1 Å². The maximum atomic E-state index is 12.7. The number of hydrogen-bond acceptors (Lipinski definition) is 5. The molecule has 0 aliphatic rings. The van der Waals surface area contributed by atoms with E-state index >= 15 is 0 Å². The second-order valence-corrected chi connectivity index (χ2v) is 4.47. The monoisotopic (exact) mass is 296 g/mol. The highest BCUT2D eigenvalue weighted by Gasteiger charge is 2.21. The van der Waals surface area contributed by atoms with Crippen LogP contribution in [0.3, 0.4) is 0 Å². The van der Waals surface area contributed by atoms with Gasteiger partial charge in [-0.1, -0.05) is 6.07 Å². The molecule has 1 amide bonds. The Morgan fingerprint density at radius 1 is 1.19 bits per heavy atom. The van der Waals surface area contributed by atoms with Gasteiger partial charge >= 0.3 is 0 Å². The van der Waals surface area contributed by atoms with Gasteiger partial charge in [0.05, 0.1) is 26.4 Å². The Hall–Kier alpha value is -1.79. The Morgan fingerprint density at radius 3 is 2.52 bits per heavy atom. The fourth-order valence-corrected chi connectivity index (χ4v) is 2.02. The van der Waals surface area contributed by atoms with Crippen molar-refractivity contribution in [1.29, 1.82) is 0 Å². The van der Waals surface area contributed by atoms with Gasteiger partial charge in [0.1, 0.15) is 0 Å². The Balaban J connectivity index is 3.01. The summed E-state index contributed by atoms with van der Waals surface area (Å²) in [5, 5.41) is 0. The zero-order valence-corrected chi connectivity index (χ0v) is 12.9. The maximum Gasteiger partial charge on any atom is 0.257 e. The predicted molar refractivity (Wildman–Crippen MR) is 81.0 cm³/mol. The van der Waals surface area contributed by atoms with Gasteiger partial charge in [-0.3, -0.25) is 4.79 Å². The van der Waals surface area contributed by atoms with Crippen LogP contribution in [0.25, 0.3) is 0 Å². The quantitative estimate of drug-likeness (QED) is 0.740. The van der Waals surface area contributed by atoms with E-state index in [9.17, 15) is 4.79 Å². The molecule has 0 aromatic heterocycles. The number of benzene rings is 1. The van der Waals surface area contributed by atoms with Crippen LogP contribution in [0.2, 0.25) is 0 Å². The summed E-state index contributed by atoms with van der Waals surface area (Å²) in [4.78, 5) is 14.4. The van der Waals surface area contributed by atoms with E-state index < -0.39 is 0 Å². The number of rotatable bonds is 9. The van der Waals surface area contributed by atoms with Gasteiger partial charge in [0, 0.05) is 20.2 Å². The number of methoxy groups -OCH3 is 3. The minimum absolute atomic E-state index is 0.115. The van der Waals surface area contributed by atoms with Crippen molar-refractivity contribution in [3.8, 4) is 11.5 Å². The Kier molecular flexibility index (Phi) is 7.56. The summed E-state index contributed by atoms with van der Waals surface area (Å²) < 4.78 is 15.6. The summed E-state index contributed by atoms with van der Waals surface area (Å²) >= 11 is 0. The van der Waals surface area contributed by atoms with Crippen LogP contribution in [0.1, 0.15) is 16.8 Å². The zero-order chi connectivity index (χ0) is 15.7. The van der Waals surface area contributed by atoms with Gasteiger partial charge in [0.25, 0.3) is 5.91 Å². The molecule has 2 N–H and O–H groups in total. The number of carbonyl (C=O) groups excluding carboxylic acids is 1. The third kappa shape index (κ3) is 4.61. The zero-order valence-electron chi connectivity index (χ0n) is 12.9. The second-order valence-electron chi connectivity index (χ2n) is 4.47. The van der Waals surface area contributed by atoms with Gasteiger partial charge in [-0.2, -0.15) is 0 Å². The van der Waals surface area contributed by atoms with Gasteiger partial charge in [0.2, 0.25) is 0 Å². The van der Waals surface area contributed by atoms with Gasteiger partial charge in [0.15, 0.2) is 11.5 Å². The van der Waals surface area contributed by atoms with Crippen molar-refractivity contribution in [2.24, 2.45) is 5.73 Å². The van der Waals surface area contributed by atoms with Crippen LogP contribution in [0.15, 0.2) is 18.2 Å². The van der Waals surface area contributed by atoms with Crippen LogP contribution in [0, 0.1) is 0 Å². The minimum atomic E-state index is -0.115. The maximum absolute atomic E-state index is 12.7. The summed E-state index contributed by atoms with van der Waals surface area (Å²) in [5.41, 5.74) is 6.01. The van der Waals surface area contributed by atoms with E-state index in [1.807, 2.05) is 0 Å². The van der Waals surface area contributed by atoms with Crippen molar-refractivity contribution < 1.29 is 19.0 Å². The number of amides is 1. The molecule has 6 nitrogen and oxygen atoms in total. The van der Waals surface area contributed by atoms with Crippen LogP contribution in [-0.4, -0.2) is 58.4 Å². The Labute approximate surface area is 125 Å². The third-order valence-corrected chi connectivity index (χ3v) is 3.12. The molecule has 118 valence electrons. The summed E-state index contributed by atoms with van der Waals surface area (Å²) in [6.45, 7) is 2.10. The van der Waals surface area contributed by atoms with E-state index in [4.69, 9.17) is 19.9 Å². The highest BCUT2D eigenvalue weighted by molar-refractivity contribution is 5.97. The lowest BCUT2D eigenvalue weighted by Crippen LogP contribution is -2.35. The van der Waals surface area contributed by atoms with Gasteiger partial charge in [-0.25, -0.2) is 0 Å². The first-order chi connectivity index (χ1) is 10.2. The fourth-order valence-electron chi connectivity index (χ4n) is 2.02. The lowest BCUT2D eigenvalue weighted by molar-refractivity contribution is 0.0690. The number of nitrogens with two attached hydrogens (primary N) is 1. The SMILES string of the molecule is COCCN(CCCN)C(=O)c1cccc(OC)c1OC. The van der Waals surface area contributed by atoms with Crippen LogP contribution in [0.4, 0.5) is 0 Å². The number of nitrogens with zero attached hydrogens (tertiary/aromatic N) is 1. The molecule has 0 radical (unpaired) electrons. The van der Waals surface area contributed by atoms with Crippen molar-refractivity contribution in [3.05, 3.63) is 23.8 Å². The van der Waals surface area contributed by atoms with E-state index in [-0.39, 0.29) is 5.91 Å². The molecule has 1 aromatic carbocycles. The van der Waals surface area contributed by atoms with E-state index in [0.29, 0.717) is 43.3 Å². The first kappa shape index (κ1) is 17.3. The molecule has 0 spiro atoms. The highest BCUT2D eigenvalue weighted by Crippen LogP contribution is 2.31. The number of ether oxygens (including phenoxy) is 3. The van der Waals surface area contributed by atoms with Crippen LogP contribution in [-0.2, 0) is 4.74 Å². The number of carbonyl (C=O) groups is 1. The first-order valence-corrected chi connectivity index (χ1v) is 6.88. The van der Waals surface area contributed by atoms with E-state index in [0.717, 1.165) is 6.42 Å². The van der Waals surface area contributed by atoms with Crippen molar-refractivity contribution in [2.75, 3.05) is 47.6 Å². The smallest absolute Gasteiger partial charge is 0.257 e. The van der Waals surface area contributed by atoms with Gasteiger partial charge in [-0.15, -0.1) is 0 Å². The highest BCUT2D eigenvalue weighted by atomic mass is 16.5. The van der Waals surface area contributed by atoms with E-state index in [1.54, 1.807) is 37.3 Å². The summed E-state index contributed by atoms with van der Waals surface area (Å²) in [7, 11) is 4.68. The van der Waals surface area contributed by atoms with Crippen molar-refractivity contribution in [3.63, 3.8) is 0 Å². The molecular weight excluding hydrogens is 272 g/mol. The summed E-state index contributed by atoms with van der Waals surface area (Å²) in [6, 6.07) is 5.26. The average Bonchev–Trinajstić information content (AvgIpc) is 2.53. The Bertz CT molecular complexity index is 443. The molecule has 1 aromatic rings. The molecule has 1 rings (SSSR count). The van der Waals surface area contributed by atoms with Crippen molar-refractivity contribution in [1.82, 2.24) is 4.90 Å². The molecule has 0 atom stereocenters. The topological polar surface area (TPSA) is 74.0 Å². The molecule has 0 bridgehead atoms. The second kappa shape index (κ2) is 9.20. The molecule has 0 saturated heterocycles. The first-order valence-electron chi connectivity index (χ1n) is 6.88. The summed E-state index contributed by atoms with van der Waals surface area (Å²) in [6.07, 6.45) is 0.738. The minimum Gasteiger partial charge on any atom is -0.493 e. The van der Waals surface area contributed by atoms with E-state index in [2.05, 4.69) is 0 Å². The largest absolute Gasteiger partial charge is 0.493 e. The molecule has 6 heteroatoms. The standard InChI is InChI=1S/C15H24N2O4/c1-19-11-10-17(9-5-8-16)15(18)12-6-4-7-13(20-2)14(12)21-3/h4,6-7H,5,8-11,16H2,1-3H3. The molecule has 0 unspecified atom stereocenters. The lowest BCUT2D eigenvalue weighted by Gasteiger charge is -2.23. The molecule has 0 saturated carbocycles. The summed E-state index contributed by atoms with van der Waals surface area (Å²) in [5.74, 6) is 0.866. The lowest BCUT2D eigenvalue weighted by atomic mass is 10.1. The van der Waals surface area contributed by atoms with Crippen molar-refractivity contribution >= 4 is 5.91 Å². The number of hydrogen-bond donors (Lipinski definition) is 1. The Morgan fingerprint density at radius 2 is 1.95 bits per heavy atom.